The first-order valence-electron chi connectivity index (χ1n) is 7.55. The van der Waals surface area contributed by atoms with Crippen molar-refractivity contribution in [1.29, 1.82) is 0 Å². The molecule has 1 aromatic carbocycles. The van der Waals surface area contributed by atoms with Gasteiger partial charge in [-0.15, -0.1) is 0 Å². The highest BCUT2D eigenvalue weighted by atomic mass is 16.4. The van der Waals surface area contributed by atoms with Gasteiger partial charge in [-0.2, -0.15) is 0 Å². The molecule has 1 amide bonds. The summed E-state index contributed by atoms with van der Waals surface area (Å²) in [6.45, 7) is 2.02. The van der Waals surface area contributed by atoms with E-state index in [0.29, 0.717) is 6.42 Å². The van der Waals surface area contributed by atoms with Crippen molar-refractivity contribution in [2.24, 2.45) is 0 Å². The van der Waals surface area contributed by atoms with E-state index in [1.807, 2.05) is 31.2 Å². The molecule has 0 bridgehead atoms. The van der Waals surface area contributed by atoms with Crippen LogP contribution in [0.25, 0.3) is 0 Å². The fourth-order valence-electron chi connectivity index (χ4n) is 2.16. The molecule has 116 valence electrons. The van der Waals surface area contributed by atoms with Gasteiger partial charge >= 0.3 is 5.97 Å². The minimum absolute atomic E-state index is 0.129. The Morgan fingerprint density at radius 2 is 1.48 bits per heavy atom. The van der Waals surface area contributed by atoms with Crippen LogP contribution in [0.3, 0.4) is 0 Å². The third kappa shape index (κ3) is 6.93. The Hall–Kier alpha value is -1.84. The minimum atomic E-state index is -0.732. The lowest BCUT2D eigenvalue weighted by Crippen LogP contribution is -2.25. The maximum absolute atomic E-state index is 12.1. The Bertz CT molecular complexity index is 454. The number of amides is 1. The van der Waals surface area contributed by atoms with Crippen molar-refractivity contribution in [2.75, 3.05) is 11.9 Å². The van der Waals surface area contributed by atoms with Crippen molar-refractivity contribution in [3.63, 3.8) is 0 Å². The molecule has 0 aromatic heterocycles. The monoisotopic (exact) mass is 291 g/mol. The van der Waals surface area contributed by atoms with Crippen LogP contribution in [-0.4, -0.2) is 24.0 Å². The summed E-state index contributed by atoms with van der Waals surface area (Å²) >= 11 is 0. The Kier molecular flexibility index (Phi) is 7.51. The average molecular weight is 291 g/mol. The van der Waals surface area contributed by atoms with Crippen LogP contribution >= 0.6 is 0 Å². The zero-order chi connectivity index (χ0) is 15.7. The third-order valence-electron chi connectivity index (χ3n) is 3.58. The Morgan fingerprint density at radius 1 is 0.952 bits per heavy atom. The molecule has 0 saturated heterocycles. The van der Waals surface area contributed by atoms with Gasteiger partial charge < -0.3 is 10.0 Å². The lowest BCUT2D eigenvalue weighted by molar-refractivity contribution is -0.137. The summed E-state index contributed by atoms with van der Waals surface area (Å²) in [6, 6.07) is 7.92. The molecule has 1 rings (SSSR count). The SMILES string of the molecule is Cc1ccc(N(C)C(=O)CCCCCCCC(=O)O)cc1. The first-order chi connectivity index (χ1) is 10.0. The number of carboxylic acid groups (broad SMARTS) is 1. The second kappa shape index (κ2) is 9.16. The first-order valence-corrected chi connectivity index (χ1v) is 7.55. The van der Waals surface area contributed by atoms with Crippen LogP contribution in [0, 0.1) is 6.92 Å². The highest BCUT2D eigenvalue weighted by molar-refractivity contribution is 5.92. The molecule has 0 aliphatic heterocycles. The Balaban J connectivity index is 2.18. The van der Waals surface area contributed by atoms with Crippen LogP contribution < -0.4 is 4.90 Å². The minimum Gasteiger partial charge on any atom is -0.481 e. The van der Waals surface area contributed by atoms with Crippen molar-refractivity contribution in [3.05, 3.63) is 29.8 Å². The molecule has 1 aromatic rings. The Labute approximate surface area is 126 Å². The van der Waals surface area contributed by atoms with Crippen LogP contribution in [0.2, 0.25) is 0 Å². The first kappa shape index (κ1) is 17.2. The van der Waals surface area contributed by atoms with Crippen molar-refractivity contribution in [1.82, 2.24) is 0 Å². The number of benzene rings is 1. The van der Waals surface area contributed by atoms with Crippen molar-refractivity contribution < 1.29 is 14.7 Å². The molecule has 0 fully saturated rings. The van der Waals surface area contributed by atoms with E-state index in [2.05, 4.69) is 0 Å². The topological polar surface area (TPSA) is 57.6 Å². The molecule has 0 unspecified atom stereocenters. The summed E-state index contributed by atoms with van der Waals surface area (Å²) in [5.41, 5.74) is 2.10. The molecule has 0 atom stereocenters. The summed E-state index contributed by atoms with van der Waals surface area (Å²) in [5.74, 6) is -0.603. The molecule has 21 heavy (non-hydrogen) atoms. The molecular formula is C17H25NO3. The van der Waals surface area contributed by atoms with E-state index < -0.39 is 5.97 Å². The van der Waals surface area contributed by atoms with E-state index >= 15 is 0 Å². The number of unbranched alkanes of at least 4 members (excludes halogenated alkanes) is 4. The summed E-state index contributed by atoms with van der Waals surface area (Å²) in [4.78, 5) is 24.1. The molecule has 4 heteroatoms. The number of carbonyl (C=O) groups excluding carboxylic acids is 1. The predicted molar refractivity (Wildman–Crippen MR) is 84.5 cm³/mol. The fraction of sp³-hybridized carbons (Fsp3) is 0.529. The third-order valence-corrected chi connectivity index (χ3v) is 3.58. The number of aryl methyl sites for hydroxylation is 1. The molecule has 0 spiro atoms. The van der Waals surface area contributed by atoms with E-state index in [9.17, 15) is 9.59 Å². The average Bonchev–Trinajstić information content (AvgIpc) is 2.45. The number of rotatable bonds is 9. The molecular weight excluding hydrogens is 266 g/mol. The number of anilines is 1. The van der Waals surface area contributed by atoms with Crippen LogP contribution in [0.1, 0.15) is 50.5 Å². The van der Waals surface area contributed by atoms with Gasteiger partial charge in [0.05, 0.1) is 0 Å². The van der Waals surface area contributed by atoms with E-state index in [-0.39, 0.29) is 12.3 Å². The number of carboxylic acids is 1. The normalized spacial score (nSPS) is 10.4. The van der Waals surface area contributed by atoms with Gasteiger partial charge in [0.1, 0.15) is 0 Å². The summed E-state index contributed by atoms with van der Waals surface area (Å²) in [6.07, 6.45) is 5.28. The molecule has 0 radical (unpaired) electrons. The largest absolute Gasteiger partial charge is 0.481 e. The molecule has 0 heterocycles. The molecule has 0 saturated carbocycles. The number of hydrogen-bond donors (Lipinski definition) is 1. The van der Waals surface area contributed by atoms with E-state index in [1.165, 1.54) is 5.56 Å². The van der Waals surface area contributed by atoms with Crippen LogP contribution in [0.4, 0.5) is 5.69 Å². The number of hydrogen-bond acceptors (Lipinski definition) is 2. The van der Waals surface area contributed by atoms with Crippen molar-refractivity contribution >= 4 is 17.6 Å². The standard InChI is InChI=1S/C17H25NO3/c1-14-10-12-15(13-11-14)18(2)16(19)8-6-4-3-5-7-9-17(20)21/h10-13H,3-9H2,1-2H3,(H,20,21). The van der Waals surface area contributed by atoms with E-state index in [1.54, 1.807) is 11.9 Å². The van der Waals surface area contributed by atoms with Crippen LogP contribution in [-0.2, 0) is 9.59 Å². The quantitative estimate of drug-likeness (QED) is 0.704. The zero-order valence-corrected chi connectivity index (χ0v) is 13.0. The zero-order valence-electron chi connectivity index (χ0n) is 13.0. The maximum Gasteiger partial charge on any atom is 0.303 e. The molecule has 4 nitrogen and oxygen atoms in total. The lowest BCUT2D eigenvalue weighted by Gasteiger charge is -2.17. The van der Waals surface area contributed by atoms with Gasteiger partial charge in [0.25, 0.3) is 0 Å². The van der Waals surface area contributed by atoms with Gasteiger partial charge in [-0.05, 0) is 31.9 Å². The van der Waals surface area contributed by atoms with Crippen LogP contribution in [0.15, 0.2) is 24.3 Å². The summed E-state index contributed by atoms with van der Waals surface area (Å²) < 4.78 is 0. The Morgan fingerprint density at radius 3 is 2.05 bits per heavy atom. The predicted octanol–water partition coefficient (Wildman–Crippen LogP) is 3.77. The highest BCUT2D eigenvalue weighted by Crippen LogP contribution is 2.15. The van der Waals surface area contributed by atoms with Crippen molar-refractivity contribution in [2.45, 2.75) is 51.9 Å². The maximum atomic E-state index is 12.1. The number of carbonyl (C=O) groups is 2. The number of nitrogens with zero attached hydrogens (tertiary/aromatic N) is 1. The second-order valence-electron chi connectivity index (χ2n) is 5.45. The van der Waals surface area contributed by atoms with Gasteiger partial charge in [-0.1, -0.05) is 37.0 Å². The van der Waals surface area contributed by atoms with E-state index in [0.717, 1.165) is 37.8 Å². The smallest absolute Gasteiger partial charge is 0.303 e. The second-order valence-corrected chi connectivity index (χ2v) is 5.45. The lowest BCUT2D eigenvalue weighted by atomic mass is 10.1. The van der Waals surface area contributed by atoms with E-state index in [4.69, 9.17) is 5.11 Å². The molecule has 0 aliphatic rings. The van der Waals surface area contributed by atoms with Gasteiger partial charge in [0.2, 0.25) is 5.91 Å². The summed E-state index contributed by atoms with van der Waals surface area (Å²) in [7, 11) is 1.81. The van der Waals surface area contributed by atoms with Gasteiger partial charge in [-0.25, -0.2) is 0 Å². The molecule has 1 N–H and O–H groups in total. The van der Waals surface area contributed by atoms with Gasteiger partial charge in [0, 0.05) is 25.6 Å². The molecule has 0 aliphatic carbocycles. The van der Waals surface area contributed by atoms with Gasteiger partial charge in [-0.3, -0.25) is 9.59 Å². The fourth-order valence-corrected chi connectivity index (χ4v) is 2.16. The van der Waals surface area contributed by atoms with Crippen molar-refractivity contribution in [3.8, 4) is 0 Å². The van der Waals surface area contributed by atoms with Gasteiger partial charge in [0.15, 0.2) is 0 Å². The highest BCUT2D eigenvalue weighted by Gasteiger charge is 2.10. The number of aliphatic carboxylic acids is 1. The summed E-state index contributed by atoms with van der Waals surface area (Å²) in [5, 5.41) is 8.53. The van der Waals surface area contributed by atoms with Crippen LogP contribution in [0.5, 0.6) is 0 Å².